The molecule has 2 unspecified atom stereocenters. The van der Waals surface area contributed by atoms with E-state index < -0.39 is 4.92 Å². The number of nitrogens with zero attached hydrogens (tertiary/aromatic N) is 2. The minimum absolute atomic E-state index is 0.00788. The van der Waals surface area contributed by atoms with Crippen LogP contribution in [0.1, 0.15) is 42.5 Å². The monoisotopic (exact) mass is 300 g/mol. The van der Waals surface area contributed by atoms with Gasteiger partial charge in [0.25, 0.3) is 11.6 Å². The zero-order valence-corrected chi connectivity index (χ0v) is 12.5. The van der Waals surface area contributed by atoms with Crippen LogP contribution >= 0.6 is 0 Å². The molecule has 1 aromatic rings. The third-order valence-corrected chi connectivity index (χ3v) is 5.67. The molecule has 5 nitrogen and oxygen atoms in total. The van der Waals surface area contributed by atoms with Crippen LogP contribution in [0.5, 0.6) is 0 Å². The van der Waals surface area contributed by atoms with Gasteiger partial charge in [-0.2, -0.15) is 0 Å². The van der Waals surface area contributed by atoms with Gasteiger partial charge in [0.2, 0.25) is 0 Å². The maximum Gasteiger partial charge on any atom is 0.270 e. The van der Waals surface area contributed by atoms with Gasteiger partial charge in [0, 0.05) is 30.3 Å². The molecular formula is C17H20N2O3. The average molecular weight is 300 g/mol. The van der Waals surface area contributed by atoms with Gasteiger partial charge in [-0.05, 0) is 55.9 Å². The van der Waals surface area contributed by atoms with Crippen molar-refractivity contribution in [1.29, 1.82) is 0 Å². The van der Waals surface area contributed by atoms with Crippen molar-refractivity contribution < 1.29 is 9.72 Å². The summed E-state index contributed by atoms with van der Waals surface area (Å²) >= 11 is 0. The fourth-order valence-electron chi connectivity index (χ4n) is 4.95. The van der Waals surface area contributed by atoms with Crippen LogP contribution in [0.3, 0.4) is 0 Å². The molecule has 5 heteroatoms. The van der Waals surface area contributed by atoms with Crippen LogP contribution in [-0.2, 0) is 0 Å². The Morgan fingerprint density at radius 2 is 1.77 bits per heavy atom. The van der Waals surface area contributed by atoms with Gasteiger partial charge < -0.3 is 4.90 Å². The van der Waals surface area contributed by atoms with Crippen molar-refractivity contribution in [1.82, 2.24) is 4.90 Å². The summed E-state index contributed by atoms with van der Waals surface area (Å²) in [6.07, 6.45) is 6.09. The van der Waals surface area contributed by atoms with E-state index in [2.05, 4.69) is 0 Å². The number of hydrogen-bond donors (Lipinski definition) is 0. The van der Waals surface area contributed by atoms with Crippen LogP contribution < -0.4 is 0 Å². The number of nitro benzene ring substituents is 1. The molecule has 1 aromatic carbocycles. The highest BCUT2D eigenvalue weighted by atomic mass is 16.6. The Morgan fingerprint density at radius 3 is 2.45 bits per heavy atom. The molecular weight excluding hydrogens is 280 g/mol. The maximum absolute atomic E-state index is 12.9. The topological polar surface area (TPSA) is 63.4 Å². The number of carbonyl (C=O) groups is 1. The first-order chi connectivity index (χ1) is 10.6. The van der Waals surface area contributed by atoms with Crippen molar-refractivity contribution in [3.63, 3.8) is 0 Å². The molecule has 4 fully saturated rings. The second kappa shape index (κ2) is 5.07. The maximum atomic E-state index is 12.9. The zero-order valence-electron chi connectivity index (χ0n) is 12.5. The second-order valence-electron chi connectivity index (χ2n) is 7.20. The van der Waals surface area contributed by atoms with Crippen molar-refractivity contribution >= 4 is 11.6 Å². The minimum atomic E-state index is -0.438. The zero-order chi connectivity index (χ0) is 15.3. The van der Waals surface area contributed by atoms with Gasteiger partial charge in [0.15, 0.2) is 0 Å². The minimum Gasteiger partial charge on any atom is -0.335 e. The van der Waals surface area contributed by atoms with Crippen molar-refractivity contribution in [3.8, 4) is 0 Å². The lowest BCUT2D eigenvalue weighted by molar-refractivity contribution is -0.384. The van der Waals surface area contributed by atoms with Crippen molar-refractivity contribution in [2.24, 2.45) is 17.8 Å². The summed E-state index contributed by atoms with van der Waals surface area (Å²) in [5.41, 5.74) is 0.446. The molecule has 116 valence electrons. The van der Waals surface area contributed by atoms with Gasteiger partial charge >= 0.3 is 0 Å². The van der Waals surface area contributed by atoms with Gasteiger partial charge in [-0.3, -0.25) is 14.9 Å². The molecule has 1 amide bonds. The normalized spacial score (nSPS) is 32.8. The predicted octanol–water partition coefficient (Wildman–Crippen LogP) is 3.25. The second-order valence-corrected chi connectivity index (χ2v) is 7.20. The average Bonchev–Trinajstić information content (AvgIpc) is 2.70. The highest BCUT2D eigenvalue weighted by Crippen LogP contribution is 2.47. The summed E-state index contributed by atoms with van der Waals surface area (Å²) in [5, 5.41) is 10.9. The summed E-state index contributed by atoms with van der Waals surface area (Å²) in [7, 11) is 0. The number of non-ortho nitro benzene ring substituents is 1. The Kier molecular flexibility index (Phi) is 3.17. The fraction of sp³-hybridized carbons (Fsp3) is 0.588. The van der Waals surface area contributed by atoms with E-state index in [1.807, 2.05) is 4.90 Å². The molecule has 0 radical (unpaired) electrons. The third-order valence-electron chi connectivity index (χ3n) is 5.67. The fourth-order valence-corrected chi connectivity index (χ4v) is 4.95. The lowest BCUT2D eigenvalue weighted by Gasteiger charge is -2.39. The summed E-state index contributed by atoms with van der Waals surface area (Å²) in [5.74, 6) is 2.16. The van der Waals surface area contributed by atoms with Gasteiger partial charge in [-0.1, -0.05) is 6.07 Å². The van der Waals surface area contributed by atoms with Gasteiger partial charge in [0.1, 0.15) is 0 Å². The number of nitro groups is 1. The van der Waals surface area contributed by atoms with Gasteiger partial charge in [0.05, 0.1) is 4.92 Å². The van der Waals surface area contributed by atoms with E-state index in [4.69, 9.17) is 0 Å². The number of rotatable bonds is 2. The standard InChI is InChI=1S/C17H20N2O3/c20-17(14-2-1-3-15(9-14)19(21)22)18-10-13-5-11-4-12(6-13)8-16(18)7-11/h1-3,9,11-13,16H,4-8,10H2. The molecule has 2 aliphatic heterocycles. The first-order valence-corrected chi connectivity index (χ1v) is 8.15. The van der Waals surface area contributed by atoms with Crippen molar-refractivity contribution in [2.45, 2.75) is 38.1 Å². The first-order valence-electron chi connectivity index (χ1n) is 8.15. The van der Waals surface area contributed by atoms with E-state index in [0.717, 1.165) is 31.2 Å². The van der Waals surface area contributed by atoms with E-state index in [9.17, 15) is 14.9 Å². The highest BCUT2D eigenvalue weighted by Gasteiger charge is 2.44. The van der Waals surface area contributed by atoms with E-state index in [1.165, 1.54) is 31.4 Å². The molecule has 4 bridgehead atoms. The molecule has 2 heterocycles. The molecule has 0 spiro atoms. The summed E-state index contributed by atoms with van der Waals surface area (Å²) in [4.78, 5) is 25.4. The van der Waals surface area contributed by atoms with Crippen LogP contribution in [0, 0.1) is 27.9 Å². The van der Waals surface area contributed by atoms with Crippen LogP contribution in [0.25, 0.3) is 0 Å². The quantitative estimate of drug-likeness (QED) is 0.622. The number of fused-ring (bicyclic) bond motifs is 1. The molecule has 2 aliphatic carbocycles. The first kappa shape index (κ1) is 13.7. The molecule has 4 aliphatic rings. The SMILES string of the molecule is O=C(c1cccc([N+](=O)[O-])c1)N1CC2CC3CC(C2)CC1C3. The Labute approximate surface area is 129 Å². The Hall–Kier alpha value is -1.91. The number of benzene rings is 1. The Balaban J connectivity index is 1.62. The van der Waals surface area contributed by atoms with Crippen LogP contribution in [0.2, 0.25) is 0 Å². The van der Waals surface area contributed by atoms with Gasteiger partial charge in [-0.15, -0.1) is 0 Å². The number of hydrogen-bond acceptors (Lipinski definition) is 3. The summed E-state index contributed by atoms with van der Waals surface area (Å²) < 4.78 is 0. The van der Waals surface area contributed by atoms with Crippen LogP contribution in [0.15, 0.2) is 24.3 Å². The highest BCUT2D eigenvalue weighted by molar-refractivity contribution is 5.95. The largest absolute Gasteiger partial charge is 0.335 e. The summed E-state index contributed by atoms with van der Waals surface area (Å²) in [6.45, 7) is 0.833. The smallest absolute Gasteiger partial charge is 0.270 e. The number of carbonyl (C=O) groups excluding carboxylic acids is 1. The van der Waals surface area contributed by atoms with Crippen molar-refractivity contribution in [2.75, 3.05) is 6.54 Å². The van der Waals surface area contributed by atoms with Crippen LogP contribution in [0.4, 0.5) is 5.69 Å². The van der Waals surface area contributed by atoms with E-state index in [0.29, 0.717) is 17.5 Å². The third kappa shape index (κ3) is 2.28. The van der Waals surface area contributed by atoms with Crippen LogP contribution in [-0.4, -0.2) is 28.3 Å². The molecule has 22 heavy (non-hydrogen) atoms. The molecule has 0 N–H and O–H groups in total. The van der Waals surface area contributed by atoms with Crippen molar-refractivity contribution in [3.05, 3.63) is 39.9 Å². The molecule has 0 aromatic heterocycles. The molecule has 2 saturated heterocycles. The lowest BCUT2D eigenvalue weighted by atomic mass is 9.68. The Morgan fingerprint density at radius 1 is 1.09 bits per heavy atom. The lowest BCUT2D eigenvalue weighted by Crippen LogP contribution is -2.42. The Bertz CT molecular complexity index is 616. The van der Waals surface area contributed by atoms with E-state index in [1.54, 1.807) is 12.1 Å². The molecule has 2 atom stereocenters. The molecule has 2 saturated carbocycles. The molecule has 5 rings (SSSR count). The number of amides is 1. The van der Waals surface area contributed by atoms with Gasteiger partial charge in [-0.25, -0.2) is 0 Å². The summed E-state index contributed by atoms with van der Waals surface area (Å²) in [6, 6.07) is 6.49. The van der Waals surface area contributed by atoms with E-state index in [-0.39, 0.29) is 11.6 Å². The predicted molar refractivity (Wildman–Crippen MR) is 81.5 cm³/mol. The van der Waals surface area contributed by atoms with E-state index >= 15 is 0 Å².